The van der Waals surface area contributed by atoms with Crippen molar-refractivity contribution in [3.8, 4) is 17.0 Å². The molecule has 0 spiro atoms. The maximum absolute atomic E-state index is 12.6. The number of alkyl halides is 3. The Balaban J connectivity index is 1.61. The summed E-state index contributed by atoms with van der Waals surface area (Å²) in [6.45, 7) is 0. The standard InChI is InChI=1S/C19H13F3N6O2/c20-19(21,22)11-5-6-16(25-7-11)27-18(29)13-8-26-28(17(13)23)14-4-2-1-3-12(14)15-9-24-10-30-15/h1-10H,23H2,(H,25,27,29). The zero-order valence-corrected chi connectivity index (χ0v) is 15.1. The summed E-state index contributed by atoms with van der Waals surface area (Å²) in [6.07, 6.45) is 0.191. The molecule has 3 aromatic heterocycles. The van der Waals surface area contributed by atoms with Crippen molar-refractivity contribution in [2.75, 3.05) is 11.1 Å². The van der Waals surface area contributed by atoms with Crippen molar-refractivity contribution in [2.24, 2.45) is 0 Å². The first-order valence-electron chi connectivity index (χ1n) is 8.51. The summed E-state index contributed by atoms with van der Waals surface area (Å²) in [6, 6.07) is 8.96. The van der Waals surface area contributed by atoms with E-state index in [-0.39, 0.29) is 17.2 Å². The number of nitrogen functional groups attached to an aromatic ring is 1. The minimum Gasteiger partial charge on any atom is -0.443 e. The lowest BCUT2D eigenvalue weighted by Crippen LogP contribution is -2.15. The number of aromatic nitrogens is 4. The first-order chi connectivity index (χ1) is 14.3. The number of para-hydroxylation sites is 1. The van der Waals surface area contributed by atoms with Crippen LogP contribution in [0, 0.1) is 0 Å². The van der Waals surface area contributed by atoms with E-state index in [1.807, 2.05) is 0 Å². The fraction of sp³-hybridized carbons (Fsp3) is 0.0526. The van der Waals surface area contributed by atoms with Crippen LogP contribution in [-0.2, 0) is 6.18 Å². The molecule has 11 heteroatoms. The van der Waals surface area contributed by atoms with E-state index in [2.05, 4.69) is 20.4 Å². The second kappa shape index (κ2) is 7.35. The van der Waals surface area contributed by atoms with Gasteiger partial charge >= 0.3 is 6.18 Å². The highest BCUT2D eigenvalue weighted by atomic mass is 19.4. The molecular formula is C19H13F3N6O2. The van der Waals surface area contributed by atoms with Crippen LogP contribution in [0.4, 0.5) is 24.8 Å². The van der Waals surface area contributed by atoms with Gasteiger partial charge < -0.3 is 15.5 Å². The Bertz CT molecular complexity index is 1180. The molecule has 1 aromatic carbocycles. The maximum atomic E-state index is 12.6. The van der Waals surface area contributed by atoms with Gasteiger partial charge in [-0.25, -0.2) is 14.6 Å². The normalized spacial score (nSPS) is 11.4. The van der Waals surface area contributed by atoms with Crippen molar-refractivity contribution in [1.82, 2.24) is 19.7 Å². The summed E-state index contributed by atoms with van der Waals surface area (Å²) in [4.78, 5) is 20.0. The highest BCUT2D eigenvalue weighted by Crippen LogP contribution is 2.30. The zero-order valence-electron chi connectivity index (χ0n) is 15.1. The van der Waals surface area contributed by atoms with E-state index in [1.165, 1.54) is 23.5 Å². The Morgan fingerprint density at radius 1 is 1.10 bits per heavy atom. The van der Waals surface area contributed by atoms with Crippen LogP contribution in [0.1, 0.15) is 15.9 Å². The molecule has 8 nitrogen and oxygen atoms in total. The van der Waals surface area contributed by atoms with Gasteiger partial charge in [0.2, 0.25) is 0 Å². The fourth-order valence-corrected chi connectivity index (χ4v) is 2.76. The number of oxazole rings is 1. The van der Waals surface area contributed by atoms with Crippen LogP contribution in [0.5, 0.6) is 0 Å². The van der Waals surface area contributed by atoms with Crippen molar-refractivity contribution in [3.05, 3.63) is 72.5 Å². The van der Waals surface area contributed by atoms with Crippen LogP contribution in [0.2, 0.25) is 0 Å². The summed E-state index contributed by atoms with van der Waals surface area (Å²) in [5, 5.41) is 6.57. The molecule has 4 rings (SSSR count). The largest absolute Gasteiger partial charge is 0.443 e. The van der Waals surface area contributed by atoms with Gasteiger partial charge in [0.1, 0.15) is 17.2 Å². The number of carbonyl (C=O) groups is 1. The average molecular weight is 414 g/mol. The summed E-state index contributed by atoms with van der Waals surface area (Å²) in [5.74, 6) is -0.197. The first-order valence-corrected chi connectivity index (χ1v) is 8.51. The maximum Gasteiger partial charge on any atom is 0.417 e. The second-order valence-electron chi connectivity index (χ2n) is 6.12. The highest BCUT2D eigenvalue weighted by molar-refractivity contribution is 6.06. The van der Waals surface area contributed by atoms with Crippen LogP contribution >= 0.6 is 0 Å². The Morgan fingerprint density at radius 3 is 2.57 bits per heavy atom. The summed E-state index contributed by atoms with van der Waals surface area (Å²) >= 11 is 0. The molecule has 0 radical (unpaired) electrons. The molecule has 0 aliphatic rings. The minimum atomic E-state index is -4.52. The summed E-state index contributed by atoms with van der Waals surface area (Å²) < 4.78 is 44.6. The van der Waals surface area contributed by atoms with E-state index >= 15 is 0 Å². The number of anilines is 2. The number of nitrogens with zero attached hydrogens (tertiary/aromatic N) is 4. The molecular weight excluding hydrogens is 401 g/mol. The molecule has 0 aliphatic heterocycles. The molecule has 0 fully saturated rings. The number of hydrogen-bond acceptors (Lipinski definition) is 6. The Morgan fingerprint density at radius 2 is 1.90 bits per heavy atom. The lowest BCUT2D eigenvalue weighted by atomic mass is 10.1. The third kappa shape index (κ3) is 3.60. The Kier molecular flexibility index (Phi) is 4.70. The number of rotatable bonds is 4. The molecule has 3 heterocycles. The van der Waals surface area contributed by atoms with Gasteiger partial charge in [-0.15, -0.1) is 0 Å². The lowest BCUT2D eigenvalue weighted by molar-refractivity contribution is -0.137. The number of amides is 1. The highest BCUT2D eigenvalue weighted by Gasteiger charge is 2.30. The third-order valence-corrected chi connectivity index (χ3v) is 4.21. The monoisotopic (exact) mass is 414 g/mol. The molecule has 152 valence electrons. The second-order valence-corrected chi connectivity index (χ2v) is 6.12. The van der Waals surface area contributed by atoms with Crippen molar-refractivity contribution < 1.29 is 22.4 Å². The van der Waals surface area contributed by atoms with Gasteiger partial charge in [-0.05, 0) is 24.3 Å². The van der Waals surface area contributed by atoms with Crippen LogP contribution in [0.3, 0.4) is 0 Å². The molecule has 0 saturated carbocycles. The van der Waals surface area contributed by atoms with Gasteiger partial charge in [0.15, 0.2) is 12.2 Å². The summed E-state index contributed by atoms with van der Waals surface area (Å²) in [7, 11) is 0. The van der Waals surface area contributed by atoms with Crippen molar-refractivity contribution in [1.29, 1.82) is 0 Å². The topological polar surface area (TPSA) is 112 Å². The molecule has 0 bridgehead atoms. The van der Waals surface area contributed by atoms with Gasteiger partial charge in [0.25, 0.3) is 5.91 Å². The Hall–Kier alpha value is -4.15. The number of nitrogens with two attached hydrogens (primary N) is 1. The van der Waals surface area contributed by atoms with Crippen molar-refractivity contribution in [2.45, 2.75) is 6.18 Å². The van der Waals surface area contributed by atoms with E-state index in [1.54, 1.807) is 24.3 Å². The fourth-order valence-electron chi connectivity index (χ4n) is 2.76. The molecule has 0 unspecified atom stereocenters. The van der Waals surface area contributed by atoms with E-state index in [0.29, 0.717) is 23.2 Å². The number of carbonyl (C=O) groups excluding carboxylic acids is 1. The predicted molar refractivity (Wildman–Crippen MR) is 101 cm³/mol. The molecule has 30 heavy (non-hydrogen) atoms. The van der Waals surface area contributed by atoms with Gasteiger partial charge in [-0.2, -0.15) is 18.3 Å². The number of pyridine rings is 1. The molecule has 0 saturated heterocycles. The van der Waals surface area contributed by atoms with Gasteiger partial charge in [0, 0.05) is 11.8 Å². The molecule has 1 amide bonds. The summed E-state index contributed by atoms with van der Waals surface area (Å²) in [5.41, 5.74) is 6.44. The zero-order chi connectivity index (χ0) is 21.3. The molecule has 3 N–H and O–H groups in total. The smallest absolute Gasteiger partial charge is 0.417 e. The average Bonchev–Trinajstić information content (AvgIpc) is 3.37. The van der Waals surface area contributed by atoms with Crippen LogP contribution in [-0.4, -0.2) is 25.7 Å². The van der Waals surface area contributed by atoms with E-state index in [4.69, 9.17) is 10.2 Å². The minimum absolute atomic E-state index is 0.0315. The number of hydrogen-bond donors (Lipinski definition) is 2. The van der Waals surface area contributed by atoms with Gasteiger partial charge in [0.05, 0.1) is 23.6 Å². The Labute approximate surface area is 167 Å². The van der Waals surface area contributed by atoms with E-state index in [0.717, 1.165) is 12.1 Å². The van der Waals surface area contributed by atoms with Crippen LogP contribution < -0.4 is 11.1 Å². The number of nitrogens with one attached hydrogen (secondary N) is 1. The number of benzene rings is 1. The lowest BCUT2D eigenvalue weighted by Gasteiger charge is -2.10. The SMILES string of the molecule is Nc1c(C(=O)Nc2ccc(C(F)(F)F)cn2)cnn1-c1ccccc1-c1cnco1. The number of halogens is 3. The predicted octanol–water partition coefficient (Wildman–Crippen LogP) is 3.78. The van der Waals surface area contributed by atoms with Gasteiger partial charge in [-0.3, -0.25) is 4.79 Å². The van der Waals surface area contributed by atoms with Crippen LogP contribution in [0.15, 0.2) is 65.8 Å². The third-order valence-electron chi connectivity index (χ3n) is 4.21. The molecule has 0 aliphatic carbocycles. The van der Waals surface area contributed by atoms with Crippen molar-refractivity contribution in [3.63, 3.8) is 0 Å². The molecule has 0 atom stereocenters. The van der Waals surface area contributed by atoms with Gasteiger partial charge in [-0.1, -0.05) is 12.1 Å². The van der Waals surface area contributed by atoms with Crippen LogP contribution in [0.25, 0.3) is 17.0 Å². The van der Waals surface area contributed by atoms with E-state index < -0.39 is 17.6 Å². The first kappa shape index (κ1) is 19.2. The molecule has 4 aromatic rings. The van der Waals surface area contributed by atoms with E-state index in [9.17, 15) is 18.0 Å². The quantitative estimate of drug-likeness (QED) is 0.526. The van der Waals surface area contributed by atoms with Crippen molar-refractivity contribution >= 4 is 17.5 Å².